The van der Waals surface area contributed by atoms with Gasteiger partial charge in [-0.2, -0.15) is 0 Å². The first kappa shape index (κ1) is 10.9. The zero-order chi connectivity index (χ0) is 8.53. The maximum absolute atomic E-state index is 5.51. The summed E-state index contributed by atoms with van der Waals surface area (Å²) in [6.45, 7) is 9.48. The molecule has 0 aromatic carbocycles. The molecular formula is C9H21NO+. The lowest BCUT2D eigenvalue weighted by molar-refractivity contribution is -0.0711. The van der Waals surface area contributed by atoms with Gasteiger partial charge in [0.15, 0.2) is 13.1 Å². The van der Waals surface area contributed by atoms with Crippen LogP contribution < -0.4 is 5.06 Å². The highest BCUT2D eigenvalue weighted by atomic mass is 16.7. The van der Waals surface area contributed by atoms with Crippen LogP contribution in [0.1, 0.15) is 40.0 Å². The van der Waals surface area contributed by atoms with E-state index in [2.05, 4.69) is 25.8 Å². The molecule has 11 heavy (non-hydrogen) atoms. The minimum Gasteiger partial charge on any atom is -0.149 e. The van der Waals surface area contributed by atoms with Crippen molar-refractivity contribution in [1.29, 1.82) is 0 Å². The maximum Gasteiger partial charge on any atom is 0.159 e. The summed E-state index contributed by atoms with van der Waals surface area (Å²) in [5.41, 5.74) is 0. The highest BCUT2D eigenvalue weighted by molar-refractivity contribution is 4.48. The van der Waals surface area contributed by atoms with E-state index in [0.29, 0.717) is 0 Å². The van der Waals surface area contributed by atoms with Gasteiger partial charge in [0, 0.05) is 12.8 Å². The summed E-state index contributed by atoms with van der Waals surface area (Å²) in [5.74, 6) is 0. The van der Waals surface area contributed by atoms with Crippen LogP contribution in [0.4, 0.5) is 0 Å². The average Bonchev–Trinajstić information content (AvgIpc) is 2.01. The highest BCUT2D eigenvalue weighted by Gasteiger charge is 2.12. The van der Waals surface area contributed by atoms with Gasteiger partial charge in [0.1, 0.15) is 6.61 Å². The maximum atomic E-state index is 5.51. The Balaban J connectivity index is 3.34. The van der Waals surface area contributed by atoms with Crippen LogP contribution in [0.25, 0.3) is 0 Å². The lowest BCUT2D eigenvalue weighted by atomic mass is 10.4. The first-order valence-electron chi connectivity index (χ1n) is 4.73. The molecule has 0 unspecified atom stereocenters. The van der Waals surface area contributed by atoms with Gasteiger partial charge >= 0.3 is 0 Å². The van der Waals surface area contributed by atoms with Crippen molar-refractivity contribution in [2.45, 2.75) is 40.0 Å². The summed E-state index contributed by atoms with van der Waals surface area (Å²) in [6, 6.07) is 0. The largest absolute Gasteiger partial charge is 0.159 e. The normalized spacial score (nSPS) is 10.9. The molecule has 0 aromatic rings. The Kier molecular flexibility index (Phi) is 7.96. The Hall–Kier alpha value is -0.0800. The van der Waals surface area contributed by atoms with Crippen molar-refractivity contribution in [3.8, 4) is 0 Å². The van der Waals surface area contributed by atoms with Crippen LogP contribution >= 0.6 is 0 Å². The predicted molar refractivity (Wildman–Crippen MR) is 48.7 cm³/mol. The summed E-state index contributed by atoms with van der Waals surface area (Å²) >= 11 is 0. The second-order valence-electron chi connectivity index (χ2n) is 2.76. The SMILES string of the molecule is CCCO[N+](CCC)CCC. The van der Waals surface area contributed by atoms with E-state index in [1.807, 2.05) is 0 Å². The first-order valence-corrected chi connectivity index (χ1v) is 4.73. The molecule has 0 aliphatic carbocycles. The van der Waals surface area contributed by atoms with Gasteiger partial charge < -0.3 is 0 Å². The predicted octanol–water partition coefficient (Wildman–Crippen LogP) is 2.29. The summed E-state index contributed by atoms with van der Waals surface area (Å²) in [4.78, 5) is 5.51. The van der Waals surface area contributed by atoms with E-state index >= 15 is 0 Å². The molecule has 0 N–H and O–H groups in total. The number of nitrogens with zero attached hydrogens (tertiary/aromatic N) is 1. The van der Waals surface area contributed by atoms with Crippen molar-refractivity contribution in [1.82, 2.24) is 5.06 Å². The van der Waals surface area contributed by atoms with Gasteiger partial charge in [-0.15, -0.1) is 4.84 Å². The number of rotatable bonds is 7. The van der Waals surface area contributed by atoms with E-state index in [1.165, 1.54) is 12.8 Å². The summed E-state index contributed by atoms with van der Waals surface area (Å²) in [7, 11) is 0. The lowest BCUT2D eigenvalue weighted by Gasteiger charge is -2.06. The third-order valence-corrected chi connectivity index (χ3v) is 1.42. The smallest absolute Gasteiger partial charge is 0.149 e. The Morgan fingerprint density at radius 2 is 1.45 bits per heavy atom. The first-order chi connectivity index (χ1) is 5.35. The molecule has 0 aromatic heterocycles. The van der Waals surface area contributed by atoms with Gasteiger partial charge in [-0.1, -0.05) is 20.8 Å². The fourth-order valence-electron chi connectivity index (χ4n) is 0.960. The van der Waals surface area contributed by atoms with Crippen molar-refractivity contribution in [3.05, 3.63) is 0 Å². The van der Waals surface area contributed by atoms with E-state index < -0.39 is 0 Å². The van der Waals surface area contributed by atoms with Crippen molar-refractivity contribution < 1.29 is 4.84 Å². The standard InChI is InChI=1S/C9H21NO/c1-4-7-10(8-5-2)11-9-6-3/h4-9H2,1-3H3/q+1. The minimum absolute atomic E-state index is 0.861. The summed E-state index contributed by atoms with van der Waals surface area (Å²) in [5, 5.41) is 2.07. The summed E-state index contributed by atoms with van der Waals surface area (Å²) < 4.78 is 0. The minimum atomic E-state index is 0.861. The molecule has 0 heterocycles. The molecule has 0 rings (SSSR count). The molecule has 0 amide bonds. The van der Waals surface area contributed by atoms with E-state index in [-0.39, 0.29) is 0 Å². The molecule has 0 aliphatic rings. The molecule has 0 fully saturated rings. The monoisotopic (exact) mass is 159 g/mol. The molecule has 2 heteroatoms. The third kappa shape index (κ3) is 6.32. The van der Waals surface area contributed by atoms with E-state index in [9.17, 15) is 0 Å². The van der Waals surface area contributed by atoms with Crippen LogP contribution in [0.3, 0.4) is 0 Å². The highest BCUT2D eigenvalue weighted by Crippen LogP contribution is 1.92. The van der Waals surface area contributed by atoms with Crippen molar-refractivity contribution in [3.63, 3.8) is 0 Å². The third-order valence-electron chi connectivity index (χ3n) is 1.42. The molecule has 0 atom stereocenters. The van der Waals surface area contributed by atoms with Gasteiger partial charge in [-0.3, -0.25) is 0 Å². The van der Waals surface area contributed by atoms with Crippen LogP contribution in [-0.4, -0.2) is 19.7 Å². The fraction of sp³-hybridized carbons (Fsp3) is 1.00. The van der Waals surface area contributed by atoms with E-state index in [4.69, 9.17) is 4.84 Å². The van der Waals surface area contributed by atoms with Gasteiger partial charge in [0.05, 0.1) is 0 Å². The van der Waals surface area contributed by atoms with Crippen molar-refractivity contribution in [2.24, 2.45) is 0 Å². The molecule has 67 valence electrons. The van der Waals surface area contributed by atoms with Crippen LogP contribution in [0.15, 0.2) is 0 Å². The Labute approximate surface area is 70.5 Å². The molecule has 0 bridgehead atoms. The molecule has 2 nitrogen and oxygen atoms in total. The molecule has 0 saturated carbocycles. The van der Waals surface area contributed by atoms with Crippen LogP contribution in [0, 0.1) is 0 Å². The van der Waals surface area contributed by atoms with Crippen LogP contribution in [0.2, 0.25) is 0 Å². The average molecular weight is 159 g/mol. The topological polar surface area (TPSA) is 15.1 Å². The van der Waals surface area contributed by atoms with E-state index in [0.717, 1.165) is 26.1 Å². The number of hydrogen-bond acceptors (Lipinski definition) is 2. The molecular weight excluding hydrogens is 138 g/mol. The number of hydroxylamine groups is 2. The fourth-order valence-corrected chi connectivity index (χ4v) is 0.960. The van der Waals surface area contributed by atoms with E-state index in [1.54, 1.807) is 0 Å². The zero-order valence-electron chi connectivity index (χ0n) is 8.10. The molecule has 1 radical (unpaired) electrons. The zero-order valence-corrected chi connectivity index (χ0v) is 8.10. The second kappa shape index (κ2) is 8.02. The van der Waals surface area contributed by atoms with Gasteiger partial charge in [-0.05, 0) is 11.5 Å². The lowest BCUT2D eigenvalue weighted by Crippen LogP contribution is -2.32. The van der Waals surface area contributed by atoms with Gasteiger partial charge in [0.2, 0.25) is 0 Å². The molecule has 0 saturated heterocycles. The second-order valence-corrected chi connectivity index (χ2v) is 2.76. The van der Waals surface area contributed by atoms with Crippen molar-refractivity contribution >= 4 is 0 Å². The Morgan fingerprint density at radius 1 is 0.909 bits per heavy atom. The molecule has 0 spiro atoms. The van der Waals surface area contributed by atoms with Crippen molar-refractivity contribution in [2.75, 3.05) is 19.7 Å². The summed E-state index contributed by atoms with van der Waals surface area (Å²) in [6.07, 6.45) is 3.44. The molecule has 0 aliphatic heterocycles. The van der Waals surface area contributed by atoms with Crippen LogP contribution in [-0.2, 0) is 4.84 Å². The van der Waals surface area contributed by atoms with Gasteiger partial charge in [0.25, 0.3) is 0 Å². The number of hydrogen-bond donors (Lipinski definition) is 0. The Morgan fingerprint density at radius 3 is 1.82 bits per heavy atom. The quantitative estimate of drug-likeness (QED) is 0.411. The Bertz CT molecular complexity index is 70.0. The van der Waals surface area contributed by atoms with Gasteiger partial charge in [-0.25, -0.2) is 0 Å². The van der Waals surface area contributed by atoms with Crippen LogP contribution in [0.5, 0.6) is 0 Å².